The van der Waals surface area contributed by atoms with Crippen LogP contribution in [0.4, 0.5) is 5.69 Å². The van der Waals surface area contributed by atoms with Crippen molar-refractivity contribution in [1.82, 2.24) is 0 Å². The first-order chi connectivity index (χ1) is 13.1. The predicted molar refractivity (Wildman–Crippen MR) is 100 cm³/mol. The molecule has 0 heterocycles. The molecule has 0 aliphatic carbocycles. The van der Waals surface area contributed by atoms with Gasteiger partial charge < -0.3 is 24.3 Å². The molecule has 1 N–H and O–H groups in total. The number of amides is 1. The number of ether oxygens (including phenoxy) is 4. The molecule has 144 valence electrons. The van der Waals surface area contributed by atoms with Gasteiger partial charge in [0.05, 0.1) is 18.9 Å². The van der Waals surface area contributed by atoms with E-state index in [1.54, 1.807) is 48.5 Å². The van der Waals surface area contributed by atoms with Crippen LogP contribution in [0, 0.1) is 0 Å². The second-order valence-corrected chi connectivity index (χ2v) is 5.31. The third-order valence-corrected chi connectivity index (χ3v) is 3.32. The van der Waals surface area contributed by atoms with Gasteiger partial charge in [-0.25, -0.2) is 4.79 Å². The zero-order chi connectivity index (χ0) is 19.5. The van der Waals surface area contributed by atoms with Crippen LogP contribution in [-0.2, 0) is 14.3 Å². The summed E-state index contributed by atoms with van der Waals surface area (Å²) in [6.45, 7) is 3.91. The molecule has 1 amide bonds. The Balaban J connectivity index is 1.79. The number of benzene rings is 2. The molecule has 2 rings (SSSR count). The largest absolute Gasteiger partial charge is 0.492 e. The Hall–Kier alpha value is -3.22. The molecule has 2 aromatic rings. The van der Waals surface area contributed by atoms with Gasteiger partial charge >= 0.3 is 5.97 Å². The van der Waals surface area contributed by atoms with E-state index in [1.165, 1.54) is 0 Å². The molecule has 0 atom stereocenters. The van der Waals surface area contributed by atoms with Crippen molar-refractivity contribution in [1.29, 1.82) is 0 Å². The Morgan fingerprint density at radius 1 is 0.778 bits per heavy atom. The van der Waals surface area contributed by atoms with Gasteiger partial charge in [0.2, 0.25) is 0 Å². The van der Waals surface area contributed by atoms with Crippen LogP contribution in [0.5, 0.6) is 17.2 Å². The zero-order valence-electron chi connectivity index (χ0n) is 15.4. The van der Waals surface area contributed by atoms with Gasteiger partial charge in [0.25, 0.3) is 5.91 Å². The summed E-state index contributed by atoms with van der Waals surface area (Å²) in [7, 11) is 0. The average molecular weight is 373 g/mol. The van der Waals surface area contributed by atoms with Crippen LogP contribution in [0.2, 0.25) is 0 Å². The number of hydrogen-bond donors (Lipinski definition) is 1. The van der Waals surface area contributed by atoms with E-state index in [4.69, 9.17) is 18.9 Å². The number of nitrogens with one attached hydrogen (secondary N) is 1. The highest BCUT2D eigenvalue weighted by Crippen LogP contribution is 2.26. The summed E-state index contributed by atoms with van der Waals surface area (Å²) in [5.41, 5.74) is 0.516. The fourth-order valence-electron chi connectivity index (χ4n) is 2.21. The number of esters is 1. The number of rotatable bonds is 10. The van der Waals surface area contributed by atoms with E-state index in [9.17, 15) is 9.59 Å². The first-order valence-corrected chi connectivity index (χ1v) is 8.66. The Labute approximate surface area is 158 Å². The van der Waals surface area contributed by atoms with Crippen molar-refractivity contribution < 1.29 is 28.5 Å². The lowest BCUT2D eigenvalue weighted by atomic mass is 10.3. The molecular formula is C20H23NO6. The van der Waals surface area contributed by atoms with E-state index in [0.29, 0.717) is 36.1 Å². The Morgan fingerprint density at radius 3 is 2.00 bits per heavy atom. The standard InChI is InChI=1S/C20H23NO6/c1-3-24-16-10-6-5-9-15(16)21-19(22)13-27-20(23)14-26-18-12-8-7-11-17(18)25-4-2/h5-12H,3-4,13-14H2,1-2H3,(H,21,22). The van der Waals surface area contributed by atoms with Gasteiger partial charge in [-0.15, -0.1) is 0 Å². The smallest absolute Gasteiger partial charge is 0.344 e. The van der Waals surface area contributed by atoms with Crippen LogP contribution in [0.15, 0.2) is 48.5 Å². The van der Waals surface area contributed by atoms with Gasteiger partial charge in [-0.3, -0.25) is 4.79 Å². The number of para-hydroxylation sites is 4. The fraction of sp³-hybridized carbons (Fsp3) is 0.300. The number of carbonyl (C=O) groups is 2. The summed E-state index contributed by atoms with van der Waals surface area (Å²) < 4.78 is 21.2. The molecule has 0 saturated heterocycles. The molecule has 2 aromatic carbocycles. The highest BCUT2D eigenvalue weighted by atomic mass is 16.6. The highest BCUT2D eigenvalue weighted by molar-refractivity contribution is 5.94. The molecule has 0 aliphatic rings. The van der Waals surface area contributed by atoms with Gasteiger partial charge in [0.1, 0.15) is 5.75 Å². The van der Waals surface area contributed by atoms with Crippen LogP contribution >= 0.6 is 0 Å². The van der Waals surface area contributed by atoms with Crippen LogP contribution in [0.1, 0.15) is 13.8 Å². The highest BCUT2D eigenvalue weighted by Gasteiger charge is 2.12. The number of anilines is 1. The molecule has 0 fully saturated rings. The van der Waals surface area contributed by atoms with Crippen molar-refractivity contribution >= 4 is 17.6 Å². The molecule has 0 saturated carbocycles. The third kappa shape index (κ3) is 6.54. The van der Waals surface area contributed by atoms with E-state index in [2.05, 4.69) is 5.32 Å². The maximum absolute atomic E-state index is 12.0. The number of hydrogen-bond acceptors (Lipinski definition) is 6. The second kappa shape index (κ2) is 10.7. The maximum Gasteiger partial charge on any atom is 0.344 e. The molecule has 0 spiro atoms. The minimum Gasteiger partial charge on any atom is -0.492 e. The van der Waals surface area contributed by atoms with Crippen LogP contribution < -0.4 is 19.5 Å². The molecular weight excluding hydrogens is 350 g/mol. The van der Waals surface area contributed by atoms with E-state index >= 15 is 0 Å². The molecule has 0 unspecified atom stereocenters. The first-order valence-electron chi connectivity index (χ1n) is 8.66. The average Bonchev–Trinajstić information content (AvgIpc) is 2.68. The fourth-order valence-corrected chi connectivity index (χ4v) is 2.21. The Morgan fingerprint density at radius 2 is 1.33 bits per heavy atom. The predicted octanol–water partition coefficient (Wildman–Crippen LogP) is 3.04. The minimum atomic E-state index is -0.658. The summed E-state index contributed by atoms with van der Waals surface area (Å²) >= 11 is 0. The first kappa shape index (κ1) is 20.1. The molecule has 7 nitrogen and oxygen atoms in total. The Bertz CT molecular complexity index is 762. The third-order valence-electron chi connectivity index (χ3n) is 3.32. The van der Waals surface area contributed by atoms with Gasteiger partial charge in [0.15, 0.2) is 24.7 Å². The van der Waals surface area contributed by atoms with Gasteiger partial charge in [-0.1, -0.05) is 24.3 Å². The summed E-state index contributed by atoms with van der Waals surface area (Å²) in [5.74, 6) is 0.403. The Kier molecular flexibility index (Phi) is 7.96. The van der Waals surface area contributed by atoms with Crippen molar-refractivity contribution in [3.8, 4) is 17.2 Å². The molecule has 0 bridgehead atoms. The van der Waals surface area contributed by atoms with Crippen molar-refractivity contribution in [2.24, 2.45) is 0 Å². The van der Waals surface area contributed by atoms with Crippen LogP contribution in [0.3, 0.4) is 0 Å². The van der Waals surface area contributed by atoms with E-state index < -0.39 is 18.5 Å². The maximum atomic E-state index is 12.0. The van der Waals surface area contributed by atoms with E-state index in [1.807, 2.05) is 13.8 Å². The van der Waals surface area contributed by atoms with Crippen molar-refractivity contribution in [3.05, 3.63) is 48.5 Å². The lowest BCUT2D eigenvalue weighted by Crippen LogP contribution is -2.24. The SMILES string of the molecule is CCOc1ccccc1NC(=O)COC(=O)COc1ccccc1OCC. The summed E-state index contributed by atoms with van der Waals surface area (Å²) in [4.78, 5) is 23.8. The van der Waals surface area contributed by atoms with Crippen molar-refractivity contribution in [2.45, 2.75) is 13.8 Å². The summed E-state index contributed by atoms with van der Waals surface area (Å²) in [5, 5.41) is 2.65. The van der Waals surface area contributed by atoms with Crippen molar-refractivity contribution in [2.75, 3.05) is 31.7 Å². The summed E-state index contributed by atoms with van der Waals surface area (Å²) in [6, 6.07) is 14.0. The quantitative estimate of drug-likeness (QED) is 0.645. The molecule has 7 heteroatoms. The molecule has 27 heavy (non-hydrogen) atoms. The molecule has 0 radical (unpaired) electrons. The lowest BCUT2D eigenvalue weighted by molar-refractivity contribution is -0.149. The second-order valence-electron chi connectivity index (χ2n) is 5.31. The minimum absolute atomic E-state index is 0.326. The lowest BCUT2D eigenvalue weighted by Gasteiger charge is -2.12. The number of carbonyl (C=O) groups excluding carboxylic acids is 2. The van der Waals surface area contributed by atoms with E-state index in [-0.39, 0.29) is 6.61 Å². The van der Waals surface area contributed by atoms with Gasteiger partial charge in [0, 0.05) is 0 Å². The summed E-state index contributed by atoms with van der Waals surface area (Å²) in [6.07, 6.45) is 0. The molecule has 0 aromatic heterocycles. The topological polar surface area (TPSA) is 83.1 Å². The van der Waals surface area contributed by atoms with Crippen LogP contribution in [0.25, 0.3) is 0 Å². The van der Waals surface area contributed by atoms with Crippen molar-refractivity contribution in [3.63, 3.8) is 0 Å². The molecule has 0 aliphatic heterocycles. The normalized spacial score (nSPS) is 10.0. The van der Waals surface area contributed by atoms with Gasteiger partial charge in [-0.05, 0) is 38.1 Å². The monoisotopic (exact) mass is 373 g/mol. The van der Waals surface area contributed by atoms with Crippen LogP contribution in [-0.4, -0.2) is 38.3 Å². The van der Waals surface area contributed by atoms with Gasteiger partial charge in [-0.2, -0.15) is 0 Å². The van der Waals surface area contributed by atoms with E-state index in [0.717, 1.165) is 0 Å². The zero-order valence-corrected chi connectivity index (χ0v) is 15.4.